The summed E-state index contributed by atoms with van der Waals surface area (Å²) in [7, 11) is -3.80. The van der Waals surface area contributed by atoms with Crippen LogP contribution in [0.4, 0.5) is 5.69 Å². The fourth-order valence-electron chi connectivity index (χ4n) is 3.02. The van der Waals surface area contributed by atoms with E-state index in [1.54, 1.807) is 4.90 Å². The van der Waals surface area contributed by atoms with Gasteiger partial charge in [-0.2, -0.15) is 0 Å². The van der Waals surface area contributed by atoms with Crippen molar-refractivity contribution >= 4 is 21.6 Å². The summed E-state index contributed by atoms with van der Waals surface area (Å²) in [4.78, 5) is 24.0. The van der Waals surface area contributed by atoms with Gasteiger partial charge in [-0.1, -0.05) is 6.92 Å². The SMILES string of the molecule is CCNCC1CCN(C(=O)CCNS(=O)(=O)c2ccc([N+](=O)[O-])cc2)CC1. The zero-order chi connectivity index (χ0) is 19.9. The van der Waals surface area contributed by atoms with Crippen molar-refractivity contribution in [3.63, 3.8) is 0 Å². The summed E-state index contributed by atoms with van der Waals surface area (Å²) in [6, 6.07) is 4.63. The van der Waals surface area contributed by atoms with E-state index in [0.717, 1.165) is 38.1 Å². The normalized spacial score (nSPS) is 15.7. The van der Waals surface area contributed by atoms with Gasteiger partial charge in [0.15, 0.2) is 0 Å². The van der Waals surface area contributed by atoms with Crippen LogP contribution < -0.4 is 10.0 Å². The standard InChI is InChI=1S/C17H26N4O5S/c1-2-18-13-14-8-11-20(12-9-14)17(22)7-10-19-27(25,26)16-5-3-15(4-6-16)21(23)24/h3-6,14,18-19H,2,7-13H2,1H3. The van der Waals surface area contributed by atoms with Crippen molar-refractivity contribution in [2.24, 2.45) is 5.92 Å². The Kier molecular flexibility index (Phi) is 7.69. The van der Waals surface area contributed by atoms with E-state index in [2.05, 4.69) is 17.0 Å². The zero-order valence-electron chi connectivity index (χ0n) is 15.4. The number of nitro benzene ring substituents is 1. The van der Waals surface area contributed by atoms with E-state index in [1.807, 2.05) is 0 Å². The molecule has 1 aromatic carbocycles. The van der Waals surface area contributed by atoms with Gasteiger partial charge in [0, 0.05) is 38.2 Å². The number of piperidine rings is 1. The first kappa shape index (κ1) is 21.3. The molecule has 1 aliphatic heterocycles. The predicted octanol–water partition coefficient (Wildman–Crippen LogP) is 1.11. The molecule has 1 aliphatic rings. The lowest BCUT2D eigenvalue weighted by Gasteiger charge is -2.32. The minimum absolute atomic E-state index is 0.00449. The molecule has 0 unspecified atom stereocenters. The van der Waals surface area contributed by atoms with Gasteiger partial charge in [0.25, 0.3) is 5.69 Å². The van der Waals surface area contributed by atoms with Gasteiger partial charge in [0.05, 0.1) is 9.82 Å². The molecule has 2 rings (SSSR count). The minimum Gasteiger partial charge on any atom is -0.343 e. The van der Waals surface area contributed by atoms with Crippen molar-refractivity contribution in [3.05, 3.63) is 34.4 Å². The number of hydrogen-bond acceptors (Lipinski definition) is 6. The average Bonchev–Trinajstić information content (AvgIpc) is 2.66. The van der Waals surface area contributed by atoms with Crippen molar-refractivity contribution < 1.29 is 18.1 Å². The van der Waals surface area contributed by atoms with Crippen molar-refractivity contribution in [1.82, 2.24) is 14.9 Å². The lowest BCUT2D eigenvalue weighted by molar-refractivity contribution is -0.384. The third-order valence-electron chi connectivity index (χ3n) is 4.64. The van der Waals surface area contributed by atoms with Gasteiger partial charge < -0.3 is 10.2 Å². The number of carbonyl (C=O) groups excluding carboxylic acids is 1. The summed E-state index contributed by atoms with van der Waals surface area (Å²) in [5.41, 5.74) is -0.179. The van der Waals surface area contributed by atoms with Crippen LogP contribution in [-0.4, -0.2) is 56.9 Å². The van der Waals surface area contributed by atoms with Crippen LogP contribution >= 0.6 is 0 Å². The molecule has 0 bridgehead atoms. The minimum atomic E-state index is -3.80. The molecular formula is C17H26N4O5S. The van der Waals surface area contributed by atoms with Crippen LogP contribution in [0.25, 0.3) is 0 Å². The van der Waals surface area contributed by atoms with Crippen LogP contribution in [0.2, 0.25) is 0 Å². The highest BCUT2D eigenvalue weighted by Crippen LogP contribution is 2.18. The molecule has 1 heterocycles. The molecule has 10 heteroatoms. The number of nitro groups is 1. The van der Waals surface area contributed by atoms with Gasteiger partial charge in [-0.05, 0) is 44.0 Å². The summed E-state index contributed by atoms with van der Waals surface area (Å²) >= 11 is 0. The number of sulfonamides is 1. The van der Waals surface area contributed by atoms with Gasteiger partial charge in [0.2, 0.25) is 15.9 Å². The number of benzene rings is 1. The first-order chi connectivity index (χ1) is 12.8. The number of nitrogens with one attached hydrogen (secondary N) is 2. The van der Waals surface area contributed by atoms with Crippen LogP contribution in [0.5, 0.6) is 0 Å². The molecule has 27 heavy (non-hydrogen) atoms. The number of likely N-dealkylation sites (tertiary alicyclic amines) is 1. The van der Waals surface area contributed by atoms with E-state index < -0.39 is 14.9 Å². The Labute approximate surface area is 159 Å². The average molecular weight is 398 g/mol. The maximum absolute atomic E-state index is 12.3. The van der Waals surface area contributed by atoms with Crippen LogP contribution in [0, 0.1) is 16.0 Å². The summed E-state index contributed by atoms with van der Waals surface area (Å²) in [5.74, 6) is 0.512. The highest BCUT2D eigenvalue weighted by Gasteiger charge is 2.23. The fourth-order valence-corrected chi connectivity index (χ4v) is 4.05. The zero-order valence-corrected chi connectivity index (χ0v) is 16.2. The van der Waals surface area contributed by atoms with Crippen LogP contribution in [0.15, 0.2) is 29.2 Å². The molecule has 150 valence electrons. The first-order valence-electron chi connectivity index (χ1n) is 9.06. The topological polar surface area (TPSA) is 122 Å². The van der Waals surface area contributed by atoms with Crippen LogP contribution in [0.3, 0.4) is 0 Å². The second-order valence-electron chi connectivity index (χ2n) is 6.53. The van der Waals surface area contributed by atoms with Gasteiger partial charge in [-0.25, -0.2) is 13.1 Å². The molecule has 9 nitrogen and oxygen atoms in total. The number of amides is 1. The van der Waals surface area contributed by atoms with E-state index in [0.29, 0.717) is 19.0 Å². The number of rotatable bonds is 9. The van der Waals surface area contributed by atoms with E-state index in [4.69, 9.17) is 0 Å². The van der Waals surface area contributed by atoms with E-state index in [-0.39, 0.29) is 29.5 Å². The summed E-state index contributed by atoms with van der Waals surface area (Å²) in [6.07, 6.45) is 1.99. The second kappa shape index (κ2) is 9.77. The molecule has 0 radical (unpaired) electrons. The molecule has 0 aromatic heterocycles. The Morgan fingerprint density at radius 3 is 2.44 bits per heavy atom. The maximum atomic E-state index is 12.3. The van der Waals surface area contributed by atoms with Crippen LogP contribution in [-0.2, 0) is 14.8 Å². The van der Waals surface area contributed by atoms with Crippen molar-refractivity contribution in [2.45, 2.75) is 31.1 Å². The maximum Gasteiger partial charge on any atom is 0.269 e. The van der Waals surface area contributed by atoms with E-state index >= 15 is 0 Å². The molecule has 0 spiro atoms. The van der Waals surface area contributed by atoms with Crippen molar-refractivity contribution in [1.29, 1.82) is 0 Å². The quantitative estimate of drug-likeness (QED) is 0.475. The Morgan fingerprint density at radius 1 is 1.26 bits per heavy atom. The Bertz CT molecular complexity index is 743. The van der Waals surface area contributed by atoms with Crippen molar-refractivity contribution in [3.8, 4) is 0 Å². The van der Waals surface area contributed by atoms with Crippen molar-refractivity contribution in [2.75, 3.05) is 32.7 Å². The lowest BCUT2D eigenvalue weighted by Crippen LogP contribution is -2.41. The van der Waals surface area contributed by atoms with Gasteiger partial charge >= 0.3 is 0 Å². The molecule has 1 aromatic rings. The number of carbonyl (C=O) groups is 1. The molecule has 1 amide bonds. The predicted molar refractivity (Wildman–Crippen MR) is 101 cm³/mol. The third-order valence-corrected chi connectivity index (χ3v) is 6.12. The van der Waals surface area contributed by atoms with Gasteiger partial charge in [-0.3, -0.25) is 14.9 Å². The number of hydrogen-bond donors (Lipinski definition) is 2. The lowest BCUT2D eigenvalue weighted by atomic mass is 9.96. The molecule has 1 fully saturated rings. The van der Waals surface area contributed by atoms with Crippen LogP contribution in [0.1, 0.15) is 26.2 Å². The molecule has 1 saturated heterocycles. The highest BCUT2D eigenvalue weighted by atomic mass is 32.2. The summed E-state index contributed by atoms with van der Waals surface area (Å²) in [5, 5.41) is 13.9. The first-order valence-corrected chi connectivity index (χ1v) is 10.5. The molecule has 0 aliphatic carbocycles. The second-order valence-corrected chi connectivity index (χ2v) is 8.30. The van der Waals surface area contributed by atoms with E-state index in [9.17, 15) is 23.3 Å². The molecule has 2 N–H and O–H groups in total. The van der Waals surface area contributed by atoms with Gasteiger partial charge in [-0.15, -0.1) is 0 Å². The molecular weight excluding hydrogens is 372 g/mol. The Balaban J connectivity index is 1.78. The summed E-state index contributed by atoms with van der Waals surface area (Å²) in [6.45, 7) is 5.36. The fraction of sp³-hybridized carbons (Fsp3) is 0.588. The monoisotopic (exact) mass is 398 g/mol. The Hall–Kier alpha value is -2.04. The number of nitrogens with zero attached hydrogens (tertiary/aromatic N) is 2. The smallest absolute Gasteiger partial charge is 0.269 e. The largest absolute Gasteiger partial charge is 0.343 e. The highest BCUT2D eigenvalue weighted by molar-refractivity contribution is 7.89. The molecule has 0 saturated carbocycles. The number of non-ortho nitro benzene ring substituents is 1. The third kappa shape index (κ3) is 6.26. The van der Waals surface area contributed by atoms with Gasteiger partial charge in [0.1, 0.15) is 0 Å². The molecule has 0 atom stereocenters. The summed E-state index contributed by atoms with van der Waals surface area (Å²) < 4.78 is 26.8. The Morgan fingerprint density at radius 2 is 1.89 bits per heavy atom. The van der Waals surface area contributed by atoms with E-state index in [1.165, 1.54) is 12.1 Å².